The van der Waals surface area contributed by atoms with E-state index in [4.69, 9.17) is 0 Å². The van der Waals surface area contributed by atoms with Gasteiger partial charge in [0.2, 0.25) is 0 Å². The largest absolute Gasteiger partial charge is 0.390 e. The lowest BCUT2D eigenvalue weighted by molar-refractivity contribution is -0.0186. The molecule has 0 aliphatic heterocycles. The lowest BCUT2D eigenvalue weighted by Gasteiger charge is -2.25. The summed E-state index contributed by atoms with van der Waals surface area (Å²) in [7, 11) is 0. The summed E-state index contributed by atoms with van der Waals surface area (Å²) < 4.78 is 0. The van der Waals surface area contributed by atoms with Crippen LogP contribution in [-0.4, -0.2) is 27.4 Å². The van der Waals surface area contributed by atoms with E-state index < -0.39 is 12.2 Å². The second-order valence-corrected chi connectivity index (χ2v) is 5.33. The number of aromatic nitrogens is 1. The van der Waals surface area contributed by atoms with E-state index >= 15 is 0 Å². The van der Waals surface area contributed by atoms with Crippen LogP contribution in [0.3, 0.4) is 0 Å². The van der Waals surface area contributed by atoms with Crippen molar-refractivity contribution >= 4 is 10.9 Å². The summed E-state index contributed by atoms with van der Waals surface area (Å²) in [6.45, 7) is 4.10. The Morgan fingerprint density at radius 3 is 2.45 bits per heavy atom. The van der Waals surface area contributed by atoms with E-state index in [-0.39, 0.29) is 5.92 Å². The van der Waals surface area contributed by atoms with Crippen LogP contribution in [0.5, 0.6) is 0 Å². The SMILES string of the molecule is CCC(CC)C(O)C(O)Cc1ccnc2ccccc12. The standard InChI is InChI=1S/C17H23NO2/c1-3-12(4-2)17(20)16(19)11-13-9-10-18-15-8-6-5-7-14(13)15/h5-10,12,16-17,19-20H,3-4,11H2,1-2H3. The summed E-state index contributed by atoms with van der Waals surface area (Å²) in [6.07, 6.45) is 2.58. The van der Waals surface area contributed by atoms with Gasteiger partial charge in [0.15, 0.2) is 0 Å². The van der Waals surface area contributed by atoms with E-state index in [0.29, 0.717) is 6.42 Å². The zero-order chi connectivity index (χ0) is 14.5. The zero-order valence-electron chi connectivity index (χ0n) is 12.2. The predicted octanol–water partition coefficient (Wildman–Crippen LogP) is 2.94. The molecular weight excluding hydrogens is 250 g/mol. The molecule has 0 spiro atoms. The molecule has 2 N–H and O–H groups in total. The van der Waals surface area contributed by atoms with Crippen molar-refractivity contribution in [1.82, 2.24) is 4.98 Å². The predicted molar refractivity (Wildman–Crippen MR) is 81.5 cm³/mol. The molecule has 0 amide bonds. The van der Waals surface area contributed by atoms with Gasteiger partial charge in [-0.2, -0.15) is 0 Å². The minimum absolute atomic E-state index is 0.151. The molecule has 1 heterocycles. The van der Waals surface area contributed by atoms with Gasteiger partial charge in [-0.05, 0) is 23.6 Å². The molecular formula is C17H23NO2. The molecule has 0 aliphatic rings. The molecule has 0 aliphatic carbocycles. The first-order valence-corrected chi connectivity index (χ1v) is 7.36. The Morgan fingerprint density at radius 2 is 1.75 bits per heavy atom. The van der Waals surface area contributed by atoms with Gasteiger partial charge < -0.3 is 10.2 Å². The third kappa shape index (κ3) is 3.17. The van der Waals surface area contributed by atoms with Gasteiger partial charge >= 0.3 is 0 Å². The average Bonchev–Trinajstić information content (AvgIpc) is 2.48. The summed E-state index contributed by atoms with van der Waals surface area (Å²) in [5, 5.41) is 21.6. The van der Waals surface area contributed by atoms with Crippen molar-refractivity contribution in [2.24, 2.45) is 5.92 Å². The Morgan fingerprint density at radius 1 is 1.05 bits per heavy atom. The zero-order valence-corrected chi connectivity index (χ0v) is 12.2. The van der Waals surface area contributed by atoms with Gasteiger partial charge in [-0.3, -0.25) is 4.98 Å². The number of aliphatic hydroxyl groups is 2. The highest BCUT2D eigenvalue weighted by molar-refractivity contribution is 5.81. The van der Waals surface area contributed by atoms with Crippen LogP contribution in [-0.2, 0) is 6.42 Å². The molecule has 2 aromatic rings. The normalized spacial score (nSPS) is 14.7. The van der Waals surface area contributed by atoms with Crippen molar-refractivity contribution in [1.29, 1.82) is 0 Å². The minimum Gasteiger partial charge on any atom is -0.390 e. The van der Waals surface area contributed by atoms with Gasteiger partial charge in [-0.15, -0.1) is 0 Å². The molecule has 0 fully saturated rings. The number of fused-ring (bicyclic) bond motifs is 1. The maximum atomic E-state index is 10.3. The Hall–Kier alpha value is -1.45. The van der Waals surface area contributed by atoms with E-state index in [1.54, 1.807) is 6.20 Å². The van der Waals surface area contributed by atoms with E-state index in [9.17, 15) is 10.2 Å². The summed E-state index contributed by atoms with van der Waals surface area (Å²) in [5.41, 5.74) is 1.96. The van der Waals surface area contributed by atoms with Crippen molar-refractivity contribution < 1.29 is 10.2 Å². The van der Waals surface area contributed by atoms with Crippen molar-refractivity contribution in [3.8, 4) is 0 Å². The number of rotatable bonds is 6. The molecule has 3 heteroatoms. The Bertz CT molecular complexity index is 546. The first kappa shape index (κ1) is 14.9. The van der Waals surface area contributed by atoms with Crippen LogP contribution in [0.2, 0.25) is 0 Å². The van der Waals surface area contributed by atoms with Gasteiger partial charge in [0.1, 0.15) is 0 Å². The van der Waals surface area contributed by atoms with Gasteiger partial charge in [0.25, 0.3) is 0 Å². The van der Waals surface area contributed by atoms with Crippen LogP contribution in [0.15, 0.2) is 36.5 Å². The molecule has 2 unspecified atom stereocenters. The van der Waals surface area contributed by atoms with Crippen LogP contribution >= 0.6 is 0 Å². The van der Waals surface area contributed by atoms with Crippen molar-refractivity contribution in [3.05, 3.63) is 42.1 Å². The number of para-hydroxylation sites is 1. The Balaban J connectivity index is 2.19. The minimum atomic E-state index is -0.731. The summed E-state index contributed by atoms with van der Waals surface area (Å²) in [6, 6.07) is 9.81. The highest BCUT2D eigenvalue weighted by Crippen LogP contribution is 2.22. The lowest BCUT2D eigenvalue weighted by atomic mass is 9.89. The quantitative estimate of drug-likeness (QED) is 0.851. The molecule has 1 aromatic heterocycles. The Labute approximate surface area is 120 Å². The molecule has 0 saturated carbocycles. The second kappa shape index (κ2) is 6.82. The van der Waals surface area contributed by atoms with Crippen molar-refractivity contribution in [2.45, 2.75) is 45.3 Å². The summed E-state index contributed by atoms with van der Waals surface area (Å²) in [5.74, 6) is 0.151. The first-order valence-electron chi connectivity index (χ1n) is 7.36. The third-order valence-corrected chi connectivity index (χ3v) is 4.09. The molecule has 2 atom stereocenters. The number of hydrogen-bond donors (Lipinski definition) is 2. The third-order valence-electron chi connectivity index (χ3n) is 4.09. The molecule has 1 aromatic carbocycles. The molecule has 20 heavy (non-hydrogen) atoms. The maximum absolute atomic E-state index is 10.3. The highest BCUT2D eigenvalue weighted by Gasteiger charge is 2.24. The Kier molecular flexibility index (Phi) is 5.10. The van der Waals surface area contributed by atoms with E-state index in [0.717, 1.165) is 29.3 Å². The number of aliphatic hydroxyl groups excluding tert-OH is 2. The number of hydrogen-bond acceptors (Lipinski definition) is 3. The fourth-order valence-electron chi connectivity index (χ4n) is 2.76. The lowest BCUT2D eigenvalue weighted by Crippen LogP contribution is -2.34. The van der Waals surface area contributed by atoms with Gasteiger partial charge in [-0.1, -0.05) is 44.9 Å². The van der Waals surface area contributed by atoms with Crippen LogP contribution in [0, 0.1) is 5.92 Å². The average molecular weight is 273 g/mol. The van der Waals surface area contributed by atoms with Gasteiger partial charge in [0.05, 0.1) is 17.7 Å². The first-order chi connectivity index (χ1) is 9.67. The van der Waals surface area contributed by atoms with Gasteiger partial charge in [-0.25, -0.2) is 0 Å². The smallest absolute Gasteiger partial charge is 0.0842 e. The van der Waals surface area contributed by atoms with Crippen LogP contribution < -0.4 is 0 Å². The van der Waals surface area contributed by atoms with E-state index in [2.05, 4.69) is 4.98 Å². The number of nitrogens with zero attached hydrogens (tertiary/aromatic N) is 1. The maximum Gasteiger partial charge on any atom is 0.0842 e. The number of pyridine rings is 1. The molecule has 0 bridgehead atoms. The molecule has 108 valence electrons. The van der Waals surface area contributed by atoms with Crippen molar-refractivity contribution in [2.75, 3.05) is 0 Å². The van der Waals surface area contributed by atoms with E-state index in [1.807, 2.05) is 44.2 Å². The second-order valence-electron chi connectivity index (χ2n) is 5.33. The van der Waals surface area contributed by atoms with Crippen molar-refractivity contribution in [3.63, 3.8) is 0 Å². The van der Waals surface area contributed by atoms with Crippen LogP contribution in [0.25, 0.3) is 10.9 Å². The topological polar surface area (TPSA) is 53.4 Å². The summed E-state index contributed by atoms with van der Waals surface area (Å²) >= 11 is 0. The van der Waals surface area contributed by atoms with Crippen LogP contribution in [0.4, 0.5) is 0 Å². The number of benzene rings is 1. The molecule has 0 saturated heterocycles. The monoisotopic (exact) mass is 273 g/mol. The van der Waals surface area contributed by atoms with Gasteiger partial charge in [0, 0.05) is 18.0 Å². The van der Waals surface area contributed by atoms with E-state index in [1.165, 1.54) is 0 Å². The molecule has 2 rings (SSSR count). The fraction of sp³-hybridized carbons (Fsp3) is 0.471. The molecule has 3 nitrogen and oxygen atoms in total. The summed E-state index contributed by atoms with van der Waals surface area (Å²) in [4.78, 5) is 4.32. The molecule has 0 radical (unpaired) electrons. The van der Waals surface area contributed by atoms with Crippen LogP contribution in [0.1, 0.15) is 32.3 Å². The fourth-order valence-corrected chi connectivity index (χ4v) is 2.76. The highest BCUT2D eigenvalue weighted by atomic mass is 16.3.